The standard InChI is InChI=1S/C22H19N3O2/c23-14-18(22(27)24-13-12-16-8-10-19(26)11-9-16)15-25-21-7-3-5-17-4-1-2-6-20(17)21/h1-11,15,25-26H,12-13H2,(H,24,27)/b18-15-. The number of rotatable bonds is 6. The van der Waals surface area contributed by atoms with Crippen molar-refractivity contribution in [1.82, 2.24) is 5.32 Å². The van der Waals surface area contributed by atoms with Gasteiger partial charge in [0, 0.05) is 23.8 Å². The summed E-state index contributed by atoms with van der Waals surface area (Å²) in [6.07, 6.45) is 2.04. The molecule has 0 spiro atoms. The number of hydrogen-bond acceptors (Lipinski definition) is 4. The number of nitrogens with one attached hydrogen (secondary N) is 2. The third-order valence-corrected chi connectivity index (χ3v) is 4.16. The predicted molar refractivity (Wildman–Crippen MR) is 106 cm³/mol. The van der Waals surface area contributed by atoms with Crippen LogP contribution in [0, 0.1) is 11.3 Å². The molecule has 5 heteroatoms. The Morgan fingerprint density at radius 2 is 1.78 bits per heavy atom. The average molecular weight is 357 g/mol. The topological polar surface area (TPSA) is 85.2 Å². The van der Waals surface area contributed by atoms with E-state index in [0.717, 1.165) is 22.0 Å². The smallest absolute Gasteiger partial charge is 0.263 e. The van der Waals surface area contributed by atoms with Crippen LogP contribution in [0.2, 0.25) is 0 Å². The van der Waals surface area contributed by atoms with Crippen molar-refractivity contribution in [2.24, 2.45) is 0 Å². The number of hydrogen-bond donors (Lipinski definition) is 3. The van der Waals surface area contributed by atoms with Crippen molar-refractivity contribution < 1.29 is 9.90 Å². The second-order valence-corrected chi connectivity index (χ2v) is 6.01. The Morgan fingerprint density at radius 3 is 2.56 bits per heavy atom. The van der Waals surface area contributed by atoms with E-state index in [4.69, 9.17) is 0 Å². The summed E-state index contributed by atoms with van der Waals surface area (Å²) < 4.78 is 0. The summed E-state index contributed by atoms with van der Waals surface area (Å²) >= 11 is 0. The van der Waals surface area contributed by atoms with E-state index in [1.165, 1.54) is 6.20 Å². The van der Waals surface area contributed by atoms with E-state index < -0.39 is 5.91 Å². The fourth-order valence-corrected chi connectivity index (χ4v) is 2.73. The van der Waals surface area contributed by atoms with E-state index >= 15 is 0 Å². The van der Waals surface area contributed by atoms with Gasteiger partial charge in [0.2, 0.25) is 0 Å². The second-order valence-electron chi connectivity index (χ2n) is 6.01. The number of amides is 1. The van der Waals surface area contributed by atoms with Crippen LogP contribution in [-0.2, 0) is 11.2 Å². The van der Waals surface area contributed by atoms with E-state index in [9.17, 15) is 15.2 Å². The van der Waals surface area contributed by atoms with Crippen LogP contribution in [-0.4, -0.2) is 17.6 Å². The highest BCUT2D eigenvalue weighted by Gasteiger charge is 2.08. The third kappa shape index (κ3) is 4.65. The Hall–Kier alpha value is -3.78. The van der Waals surface area contributed by atoms with Crippen LogP contribution in [0.15, 0.2) is 78.5 Å². The minimum Gasteiger partial charge on any atom is -0.508 e. The zero-order valence-electron chi connectivity index (χ0n) is 14.6. The van der Waals surface area contributed by atoms with Crippen LogP contribution in [0.4, 0.5) is 5.69 Å². The Kier molecular flexibility index (Phi) is 5.70. The van der Waals surface area contributed by atoms with Gasteiger partial charge in [-0.25, -0.2) is 0 Å². The summed E-state index contributed by atoms with van der Waals surface area (Å²) in [6.45, 7) is 0.400. The van der Waals surface area contributed by atoms with Crippen molar-refractivity contribution in [2.45, 2.75) is 6.42 Å². The van der Waals surface area contributed by atoms with Crippen molar-refractivity contribution in [3.8, 4) is 11.8 Å². The number of phenolic OH excluding ortho intramolecular Hbond substituents is 1. The molecule has 3 N–H and O–H groups in total. The van der Waals surface area contributed by atoms with Crippen LogP contribution in [0.25, 0.3) is 10.8 Å². The Bertz CT molecular complexity index is 1010. The van der Waals surface area contributed by atoms with E-state index in [2.05, 4.69) is 10.6 Å². The minimum absolute atomic E-state index is 0.00800. The summed E-state index contributed by atoms with van der Waals surface area (Å²) in [5, 5.41) is 26.5. The van der Waals surface area contributed by atoms with Gasteiger partial charge in [0.05, 0.1) is 0 Å². The number of carbonyl (C=O) groups is 1. The highest BCUT2D eigenvalue weighted by Crippen LogP contribution is 2.23. The average Bonchev–Trinajstić information content (AvgIpc) is 2.70. The molecule has 0 atom stereocenters. The molecule has 0 aliphatic heterocycles. The zero-order valence-corrected chi connectivity index (χ0v) is 14.6. The van der Waals surface area contributed by atoms with Gasteiger partial charge in [-0.1, -0.05) is 48.5 Å². The minimum atomic E-state index is -0.427. The Balaban J connectivity index is 1.62. The Morgan fingerprint density at radius 1 is 1.04 bits per heavy atom. The first kappa shape index (κ1) is 18.0. The van der Waals surface area contributed by atoms with Crippen LogP contribution < -0.4 is 10.6 Å². The summed E-state index contributed by atoms with van der Waals surface area (Å²) in [7, 11) is 0. The van der Waals surface area contributed by atoms with Gasteiger partial charge in [0.1, 0.15) is 17.4 Å². The summed E-state index contributed by atoms with van der Waals surface area (Å²) in [6, 6.07) is 22.4. The first-order valence-electron chi connectivity index (χ1n) is 8.58. The maximum absolute atomic E-state index is 12.2. The molecule has 1 amide bonds. The molecule has 0 aliphatic rings. The number of carbonyl (C=O) groups excluding carboxylic acids is 1. The maximum Gasteiger partial charge on any atom is 0.263 e. The van der Waals surface area contributed by atoms with Gasteiger partial charge in [0.25, 0.3) is 5.91 Å². The van der Waals surface area contributed by atoms with Crippen molar-refractivity contribution in [3.05, 3.63) is 84.1 Å². The predicted octanol–water partition coefficient (Wildman–Crippen LogP) is 3.72. The summed E-state index contributed by atoms with van der Waals surface area (Å²) in [4.78, 5) is 12.2. The molecule has 0 heterocycles. The molecule has 3 aromatic rings. The highest BCUT2D eigenvalue weighted by atomic mass is 16.3. The molecule has 0 aliphatic carbocycles. The molecule has 3 rings (SSSR count). The first-order valence-corrected chi connectivity index (χ1v) is 8.58. The van der Waals surface area contributed by atoms with Gasteiger partial charge in [-0.15, -0.1) is 0 Å². The second kappa shape index (κ2) is 8.54. The van der Waals surface area contributed by atoms with Crippen LogP contribution in [0.5, 0.6) is 5.75 Å². The number of phenols is 1. The number of nitrogens with zero attached hydrogens (tertiary/aromatic N) is 1. The lowest BCUT2D eigenvalue weighted by molar-refractivity contribution is -0.117. The van der Waals surface area contributed by atoms with E-state index in [0.29, 0.717) is 13.0 Å². The largest absolute Gasteiger partial charge is 0.508 e. The Labute approximate surface area is 157 Å². The van der Waals surface area contributed by atoms with Crippen molar-refractivity contribution in [3.63, 3.8) is 0 Å². The van der Waals surface area contributed by atoms with E-state index in [1.54, 1.807) is 24.3 Å². The van der Waals surface area contributed by atoms with Gasteiger partial charge in [-0.2, -0.15) is 5.26 Å². The number of nitriles is 1. The molecule has 27 heavy (non-hydrogen) atoms. The lowest BCUT2D eigenvalue weighted by atomic mass is 10.1. The molecule has 3 aromatic carbocycles. The molecule has 0 aromatic heterocycles. The molecule has 5 nitrogen and oxygen atoms in total. The molecule has 0 saturated carbocycles. The fraction of sp³-hybridized carbons (Fsp3) is 0.0909. The highest BCUT2D eigenvalue weighted by molar-refractivity contribution is 5.98. The summed E-state index contributed by atoms with van der Waals surface area (Å²) in [5.74, 6) is -0.221. The lowest BCUT2D eigenvalue weighted by Crippen LogP contribution is -2.27. The SMILES string of the molecule is N#C/C(=C/Nc1cccc2ccccc12)C(=O)NCCc1ccc(O)cc1. The normalized spacial score (nSPS) is 11.0. The molecule has 0 bridgehead atoms. The fourth-order valence-electron chi connectivity index (χ4n) is 2.73. The number of anilines is 1. The van der Waals surface area contributed by atoms with Gasteiger partial charge >= 0.3 is 0 Å². The molecule has 0 saturated heterocycles. The zero-order chi connectivity index (χ0) is 19.1. The van der Waals surface area contributed by atoms with Crippen LogP contribution in [0.1, 0.15) is 5.56 Å². The van der Waals surface area contributed by atoms with Gasteiger partial charge < -0.3 is 15.7 Å². The van der Waals surface area contributed by atoms with E-state index in [-0.39, 0.29) is 11.3 Å². The number of benzene rings is 3. The quantitative estimate of drug-likeness (QED) is 0.464. The maximum atomic E-state index is 12.2. The monoisotopic (exact) mass is 357 g/mol. The first-order chi connectivity index (χ1) is 13.2. The number of aromatic hydroxyl groups is 1. The third-order valence-electron chi connectivity index (χ3n) is 4.16. The van der Waals surface area contributed by atoms with E-state index in [1.807, 2.05) is 48.5 Å². The van der Waals surface area contributed by atoms with Crippen LogP contribution in [0.3, 0.4) is 0 Å². The molecular weight excluding hydrogens is 338 g/mol. The van der Waals surface area contributed by atoms with Crippen molar-refractivity contribution >= 4 is 22.4 Å². The lowest BCUT2D eigenvalue weighted by Gasteiger charge is -2.08. The summed E-state index contributed by atoms with van der Waals surface area (Å²) in [5.41, 5.74) is 1.83. The van der Waals surface area contributed by atoms with Gasteiger partial charge in [-0.05, 0) is 35.6 Å². The molecule has 0 fully saturated rings. The van der Waals surface area contributed by atoms with Crippen LogP contribution >= 0.6 is 0 Å². The molecule has 0 radical (unpaired) electrons. The molecule has 0 unspecified atom stereocenters. The van der Waals surface area contributed by atoms with Crippen molar-refractivity contribution in [1.29, 1.82) is 5.26 Å². The van der Waals surface area contributed by atoms with Crippen molar-refractivity contribution in [2.75, 3.05) is 11.9 Å². The van der Waals surface area contributed by atoms with Gasteiger partial charge in [0.15, 0.2) is 0 Å². The molecule has 134 valence electrons. The van der Waals surface area contributed by atoms with Gasteiger partial charge in [-0.3, -0.25) is 4.79 Å². The number of fused-ring (bicyclic) bond motifs is 1. The molecular formula is C22H19N3O2.